The van der Waals surface area contributed by atoms with Crippen LogP contribution in [0.15, 0.2) is 0 Å². The Hall–Kier alpha value is -1.68. The van der Waals surface area contributed by atoms with Crippen LogP contribution in [0.4, 0.5) is 0 Å². The number of rotatable bonds is 16. The van der Waals surface area contributed by atoms with E-state index in [9.17, 15) is 33.0 Å². The fraction of sp³-hybridized carbons (Fsp3) is 0.900. The number of nitrogens with two attached hydrogens (primary N) is 1. The number of ketones is 1. The predicted octanol–water partition coefficient (Wildman–Crippen LogP) is -0.0795. The smallest absolute Gasteiger partial charge is 0.286 e. The molecule has 1 aliphatic carbocycles. The summed E-state index contributed by atoms with van der Waals surface area (Å²) in [6, 6.07) is -2.84. The summed E-state index contributed by atoms with van der Waals surface area (Å²) in [6.45, 7) is 14.7. The standard InChI is InChI=1S/C30H56N6O7S/c1-17(2)20-14-23(27(39)32-21(13-19-9-10-19)24(37)26(31)38)36(15-20)28(40)25(30(5,6)7)34-29(41)33-22(18(3)4)16-35-11-8-12-44(35,42)43/h17-23,25,27,29,32-34,39,41H,8-16H2,1-7H3,(H2,31,38)/t20-,21?,22-,23+,25-,27?,29?/m1/s1. The summed E-state index contributed by atoms with van der Waals surface area (Å²) in [4.78, 5) is 40.2. The lowest BCUT2D eigenvalue weighted by Crippen LogP contribution is -2.63. The van der Waals surface area contributed by atoms with E-state index in [4.69, 9.17) is 5.73 Å². The fourth-order valence-electron chi connectivity index (χ4n) is 6.20. The number of aliphatic hydroxyl groups excluding tert-OH is 2. The molecule has 0 aromatic carbocycles. The van der Waals surface area contributed by atoms with E-state index in [2.05, 4.69) is 29.8 Å². The molecule has 0 bridgehead atoms. The number of sulfonamides is 1. The van der Waals surface area contributed by atoms with Gasteiger partial charge in [-0.2, -0.15) is 0 Å². The monoisotopic (exact) mass is 644 g/mol. The van der Waals surface area contributed by atoms with E-state index in [0.717, 1.165) is 12.8 Å². The third-order valence-corrected chi connectivity index (χ3v) is 11.3. The Morgan fingerprint density at radius 3 is 2.14 bits per heavy atom. The van der Waals surface area contributed by atoms with Crippen LogP contribution in [0.2, 0.25) is 0 Å². The largest absolute Gasteiger partial charge is 0.376 e. The van der Waals surface area contributed by atoms with Gasteiger partial charge in [0.15, 0.2) is 6.35 Å². The minimum absolute atomic E-state index is 0.00581. The Labute approximate surface area is 263 Å². The van der Waals surface area contributed by atoms with Gasteiger partial charge in [0.05, 0.1) is 23.9 Å². The number of amides is 2. The molecule has 0 aromatic rings. The molecule has 7 atom stereocenters. The van der Waals surface area contributed by atoms with Crippen molar-refractivity contribution in [3.63, 3.8) is 0 Å². The molecule has 0 radical (unpaired) electrons. The Balaban J connectivity index is 1.78. The van der Waals surface area contributed by atoms with Crippen LogP contribution < -0.4 is 21.7 Å². The summed E-state index contributed by atoms with van der Waals surface area (Å²) in [7, 11) is -3.32. The first-order valence-corrected chi connectivity index (χ1v) is 17.7. The van der Waals surface area contributed by atoms with Gasteiger partial charge < -0.3 is 20.8 Å². The van der Waals surface area contributed by atoms with Gasteiger partial charge in [0, 0.05) is 25.7 Å². The van der Waals surface area contributed by atoms with Gasteiger partial charge in [0.25, 0.3) is 5.91 Å². The second kappa shape index (κ2) is 14.8. The van der Waals surface area contributed by atoms with E-state index in [1.165, 1.54) is 4.31 Å². The SMILES string of the molecule is CC(C)[C@@H]1C[C@@H](C(O)NC(CC2CC2)C(=O)C(N)=O)N(C(=O)[C@@H](NC(O)N[C@H](CN2CCCS2(=O)=O)C(C)C)C(C)(C)C)C1. The Bertz CT molecular complexity index is 1120. The van der Waals surface area contributed by atoms with Crippen molar-refractivity contribution in [2.75, 3.05) is 25.4 Å². The Morgan fingerprint density at radius 2 is 1.66 bits per heavy atom. The number of carbonyl (C=O) groups excluding carboxylic acids is 3. The van der Waals surface area contributed by atoms with E-state index >= 15 is 0 Å². The van der Waals surface area contributed by atoms with Crippen LogP contribution in [0, 0.1) is 29.1 Å². The Morgan fingerprint density at radius 1 is 1.02 bits per heavy atom. The third kappa shape index (κ3) is 9.66. The van der Waals surface area contributed by atoms with Crippen LogP contribution in [0.1, 0.15) is 80.6 Å². The molecule has 3 fully saturated rings. The highest BCUT2D eigenvalue weighted by atomic mass is 32.2. The number of likely N-dealkylation sites (tertiary alicyclic amines) is 1. The van der Waals surface area contributed by atoms with Crippen molar-refractivity contribution in [3.05, 3.63) is 0 Å². The summed E-state index contributed by atoms with van der Waals surface area (Å²) in [6.07, 6.45) is 0.771. The predicted molar refractivity (Wildman–Crippen MR) is 167 cm³/mol. The van der Waals surface area contributed by atoms with Gasteiger partial charge in [-0.3, -0.25) is 30.3 Å². The first-order chi connectivity index (χ1) is 20.3. The summed E-state index contributed by atoms with van der Waals surface area (Å²) < 4.78 is 26.3. The molecule has 3 rings (SSSR count). The highest BCUT2D eigenvalue weighted by molar-refractivity contribution is 7.89. The quantitative estimate of drug-likeness (QED) is 0.0978. The van der Waals surface area contributed by atoms with Crippen LogP contribution in [-0.2, 0) is 24.4 Å². The zero-order chi connectivity index (χ0) is 33.1. The zero-order valence-electron chi connectivity index (χ0n) is 27.5. The van der Waals surface area contributed by atoms with Gasteiger partial charge in [-0.15, -0.1) is 0 Å². The summed E-state index contributed by atoms with van der Waals surface area (Å²) in [5.74, 6) is -1.44. The van der Waals surface area contributed by atoms with Crippen LogP contribution in [0.25, 0.3) is 0 Å². The number of nitrogens with zero attached hydrogens (tertiary/aromatic N) is 2. The van der Waals surface area contributed by atoms with E-state index in [-0.39, 0.29) is 47.9 Å². The lowest BCUT2D eigenvalue weighted by atomic mass is 9.85. The van der Waals surface area contributed by atoms with Crippen LogP contribution in [0.3, 0.4) is 0 Å². The van der Waals surface area contributed by atoms with Gasteiger partial charge in [0.2, 0.25) is 21.7 Å². The molecule has 2 amide bonds. The molecule has 14 heteroatoms. The van der Waals surface area contributed by atoms with Crippen molar-refractivity contribution in [2.45, 2.75) is 117 Å². The fourth-order valence-corrected chi connectivity index (χ4v) is 7.75. The molecule has 7 N–H and O–H groups in total. The number of nitrogens with one attached hydrogen (secondary N) is 3. The molecule has 13 nitrogen and oxygen atoms in total. The van der Waals surface area contributed by atoms with Gasteiger partial charge >= 0.3 is 0 Å². The van der Waals surface area contributed by atoms with Gasteiger partial charge in [-0.05, 0) is 48.3 Å². The molecule has 3 aliphatic rings. The highest BCUT2D eigenvalue weighted by Crippen LogP contribution is 2.35. The van der Waals surface area contributed by atoms with Crippen molar-refractivity contribution in [1.29, 1.82) is 0 Å². The molecule has 44 heavy (non-hydrogen) atoms. The number of hydrogen-bond acceptors (Lipinski definition) is 10. The van der Waals surface area contributed by atoms with E-state index in [1.807, 2.05) is 34.6 Å². The number of carbonyl (C=O) groups is 3. The number of primary amides is 1. The van der Waals surface area contributed by atoms with Gasteiger partial charge in [0.1, 0.15) is 6.23 Å². The lowest BCUT2D eigenvalue weighted by molar-refractivity contribution is -0.142. The zero-order valence-corrected chi connectivity index (χ0v) is 28.3. The van der Waals surface area contributed by atoms with E-state index < -0.39 is 57.8 Å². The topological polar surface area (TPSA) is 194 Å². The molecule has 254 valence electrons. The summed E-state index contributed by atoms with van der Waals surface area (Å²) >= 11 is 0. The first-order valence-electron chi connectivity index (χ1n) is 16.1. The summed E-state index contributed by atoms with van der Waals surface area (Å²) in [5, 5.41) is 31.6. The molecule has 2 heterocycles. The molecule has 0 spiro atoms. The minimum Gasteiger partial charge on any atom is -0.376 e. The Kier molecular flexibility index (Phi) is 12.4. The third-order valence-electron chi connectivity index (χ3n) is 9.38. The van der Waals surface area contributed by atoms with Crippen molar-refractivity contribution >= 4 is 27.6 Å². The first kappa shape index (κ1) is 36.8. The van der Waals surface area contributed by atoms with Gasteiger partial charge in [-0.1, -0.05) is 61.3 Å². The summed E-state index contributed by atoms with van der Waals surface area (Å²) in [5.41, 5.74) is 4.65. The van der Waals surface area contributed by atoms with Crippen LogP contribution in [0.5, 0.6) is 0 Å². The maximum Gasteiger partial charge on any atom is 0.286 e. The number of aliphatic hydroxyl groups is 2. The average molecular weight is 645 g/mol. The molecular formula is C30H56N6O7S. The lowest BCUT2D eigenvalue weighted by Gasteiger charge is -2.39. The van der Waals surface area contributed by atoms with Gasteiger partial charge in [-0.25, -0.2) is 12.7 Å². The number of Topliss-reactive ketones (excluding diaryl/α,β-unsaturated/α-hetero) is 1. The van der Waals surface area contributed by atoms with Crippen LogP contribution >= 0.6 is 0 Å². The molecular weight excluding hydrogens is 588 g/mol. The van der Waals surface area contributed by atoms with E-state index in [1.54, 1.807) is 4.90 Å². The highest BCUT2D eigenvalue weighted by Gasteiger charge is 2.46. The van der Waals surface area contributed by atoms with Crippen molar-refractivity contribution in [3.8, 4) is 0 Å². The van der Waals surface area contributed by atoms with Crippen molar-refractivity contribution < 1.29 is 33.0 Å². The molecule has 2 aliphatic heterocycles. The average Bonchev–Trinajstić information content (AvgIpc) is 3.49. The second-order valence-corrected chi connectivity index (χ2v) is 16.9. The minimum atomic E-state index is -3.32. The molecule has 1 saturated carbocycles. The van der Waals surface area contributed by atoms with Crippen molar-refractivity contribution in [1.82, 2.24) is 25.2 Å². The van der Waals surface area contributed by atoms with E-state index in [0.29, 0.717) is 32.4 Å². The molecule has 3 unspecified atom stereocenters. The molecule has 0 aromatic heterocycles. The maximum absolute atomic E-state index is 14.3. The number of hydrogen-bond donors (Lipinski definition) is 6. The maximum atomic E-state index is 14.3. The van der Waals surface area contributed by atoms with Crippen LogP contribution in [-0.4, -0.2) is 108 Å². The normalized spacial score (nSPS) is 26.1. The molecule has 2 saturated heterocycles. The second-order valence-electron chi connectivity index (χ2n) is 14.8. The van der Waals surface area contributed by atoms with Crippen molar-refractivity contribution in [2.24, 2.45) is 34.8 Å².